The summed E-state index contributed by atoms with van der Waals surface area (Å²) in [5.74, 6) is 1.36. The molecule has 0 spiro atoms. The van der Waals surface area contributed by atoms with Crippen molar-refractivity contribution in [2.75, 3.05) is 13.6 Å². The van der Waals surface area contributed by atoms with Crippen molar-refractivity contribution in [3.63, 3.8) is 0 Å². The molecule has 0 aliphatic heterocycles. The molecule has 0 unspecified atom stereocenters. The molecule has 2 aromatic heterocycles. The first-order chi connectivity index (χ1) is 14.2. The molecule has 6 nitrogen and oxygen atoms in total. The number of hydrogen-bond donors (Lipinski definition) is 2. The molecule has 1 fully saturated rings. The molecular weight excluding hydrogens is 367 g/mol. The van der Waals surface area contributed by atoms with Gasteiger partial charge in [0.2, 0.25) is 0 Å². The van der Waals surface area contributed by atoms with Gasteiger partial charge < -0.3 is 10.6 Å². The molecule has 3 aromatic rings. The summed E-state index contributed by atoms with van der Waals surface area (Å²) in [7, 11) is 1.76. The van der Waals surface area contributed by atoms with Gasteiger partial charge in [-0.2, -0.15) is 0 Å². The highest BCUT2D eigenvalue weighted by Crippen LogP contribution is 2.39. The fraction of sp³-hybridized carbons (Fsp3) is 0.409. The zero-order chi connectivity index (χ0) is 20.1. The molecular formula is C22H27FN6. The van der Waals surface area contributed by atoms with Crippen LogP contribution in [0.25, 0.3) is 5.65 Å². The maximum atomic E-state index is 13.9. The first kappa shape index (κ1) is 19.4. The van der Waals surface area contributed by atoms with Crippen LogP contribution in [0.5, 0.6) is 0 Å². The number of pyridine rings is 1. The molecule has 0 atom stereocenters. The molecule has 7 heteroatoms. The Balaban J connectivity index is 1.44. The van der Waals surface area contributed by atoms with Crippen molar-refractivity contribution in [3.05, 3.63) is 65.9 Å². The SMILES string of the molecule is CN=C(NCc1nnc2ccccn12)NCC1(c2cccc(F)c2)CCCCC1. The summed E-state index contributed by atoms with van der Waals surface area (Å²) < 4.78 is 15.8. The first-order valence-electron chi connectivity index (χ1n) is 10.2. The molecule has 1 aliphatic carbocycles. The number of nitrogens with zero attached hydrogens (tertiary/aromatic N) is 4. The zero-order valence-corrected chi connectivity index (χ0v) is 16.7. The second kappa shape index (κ2) is 8.59. The lowest BCUT2D eigenvalue weighted by atomic mass is 9.69. The Hall–Kier alpha value is -2.96. The predicted octanol–water partition coefficient (Wildman–Crippen LogP) is 3.44. The van der Waals surface area contributed by atoms with Gasteiger partial charge in [0.25, 0.3) is 0 Å². The predicted molar refractivity (Wildman–Crippen MR) is 112 cm³/mol. The maximum Gasteiger partial charge on any atom is 0.191 e. The Morgan fingerprint density at radius 1 is 1.10 bits per heavy atom. The normalized spacial score (nSPS) is 16.7. The highest BCUT2D eigenvalue weighted by atomic mass is 19.1. The van der Waals surface area contributed by atoms with Crippen molar-refractivity contribution in [2.45, 2.75) is 44.1 Å². The number of benzene rings is 1. The second-order valence-corrected chi connectivity index (χ2v) is 7.68. The summed E-state index contributed by atoms with van der Waals surface area (Å²) in [5, 5.41) is 15.2. The van der Waals surface area contributed by atoms with Gasteiger partial charge in [-0.05, 0) is 42.7 Å². The summed E-state index contributed by atoms with van der Waals surface area (Å²) in [6.45, 7) is 1.23. The number of halogens is 1. The molecule has 2 N–H and O–H groups in total. The molecule has 1 aromatic carbocycles. The van der Waals surface area contributed by atoms with E-state index in [9.17, 15) is 4.39 Å². The molecule has 152 valence electrons. The number of nitrogens with one attached hydrogen (secondary N) is 2. The van der Waals surface area contributed by atoms with E-state index in [0.29, 0.717) is 12.5 Å². The number of aromatic nitrogens is 3. The smallest absolute Gasteiger partial charge is 0.191 e. The van der Waals surface area contributed by atoms with Crippen LogP contribution >= 0.6 is 0 Å². The Kier molecular flexibility index (Phi) is 5.74. The minimum absolute atomic E-state index is 0.0699. The lowest BCUT2D eigenvalue weighted by molar-refractivity contribution is 0.290. The van der Waals surface area contributed by atoms with Gasteiger partial charge in [-0.1, -0.05) is 37.5 Å². The van der Waals surface area contributed by atoms with Crippen molar-refractivity contribution < 1.29 is 4.39 Å². The largest absolute Gasteiger partial charge is 0.356 e. The molecule has 0 saturated heterocycles. The van der Waals surface area contributed by atoms with Crippen LogP contribution in [0.4, 0.5) is 4.39 Å². The number of guanidine groups is 1. The minimum atomic E-state index is -0.173. The van der Waals surface area contributed by atoms with Crippen molar-refractivity contribution in [1.29, 1.82) is 0 Å². The molecule has 0 radical (unpaired) electrons. The summed E-state index contributed by atoms with van der Waals surface area (Å²) in [4.78, 5) is 4.36. The van der Waals surface area contributed by atoms with E-state index in [0.717, 1.165) is 49.3 Å². The number of aliphatic imine (C=N–C) groups is 1. The third kappa shape index (κ3) is 4.23. The van der Waals surface area contributed by atoms with Crippen LogP contribution < -0.4 is 10.6 Å². The molecule has 1 saturated carbocycles. The van der Waals surface area contributed by atoms with Crippen LogP contribution in [-0.4, -0.2) is 34.2 Å². The topological polar surface area (TPSA) is 66.6 Å². The van der Waals surface area contributed by atoms with Gasteiger partial charge in [0.15, 0.2) is 17.4 Å². The molecule has 0 amide bonds. The van der Waals surface area contributed by atoms with E-state index in [1.54, 1.807) is 13.1 Å². The zero-order valence-electron chi connectivity index (χ0n) is 16.7. The van der Waals surface area contributed by atoms with Gasteiger partial charge in [-0.3, -0.25) is 9.39 Å². The third-order valence-electron chi connectivity index (χ3n) is 5.86. The Morgan fingerprint density at radius 2 is 1.97 bits per heavy atom. The van der Waals surface area contributed by atoms with Gasteiger partial charge in [-0.25, -0.2) is 4.39 Å². The van der Waals surface area contributed by atoms with Crippen molar-refractivity contribution in [1.82, 2.24) is 25.2 Å². The van der Waals surface area contributed by atoms with Crippen LogP contribution in [0.1, 0.15) is 43.5 Å². The minimum Gasteiger partial charge on any atom is -0.356 e. The van der Waals surface area contributed by atoms with Crippen LogP contribution in [0, 0.1) is 5.82 Å². The fourth-order valence-electron chi connectivity index (χ4n) is 4.26. The fourth-order valence-corrected chi connectivity index (χ4v) is 4.26. The Morgan fingerprint density at radius 3 is 2.76 bits per heavy atom. The summed E-state index contributed by atoms with van der Waals surface area (Å²) >= 11 is 0. The molecule has 2 heterocycles. The van der Waals surface area contributed by atoms with E-state index in [4.69, 9.17) is 0 Å². The Bertz CT molecular complexity index is 990. The van der Waals surface area contributed by atoms with E-state index in [1.807, 2.05) is 34.9 Å². The standard InChI is InChI=1S/C22H27FN6/c1-24-21(25-15-20-28-27-19-10-3-6-13-29(19)20)26-16-22(11-4-2-5-12-22)17-8-7-9-18(23)14-17/h3,6-10,13-14H,2,4-5,11-12,15-16H2,1H3,(H2,24,25,26). The molecule has 0 bridgehead atoms. The van der Waals surface area contributed by atoms with Gasteiger partial charge in [-0.15, -0.1) is 10.2 Å². The third-order valence-corrected chi connectivity index (χ3v) is 5.86. The molecule has 29 heavy (non-hydrogen) atoms. The monoisotopic (exact) mass is 394 g/mol. The van der Waals surface area contributed by atoms with Crippen molar-refractivity contribution in [2.24, 2.45) is 4.99 Å². The van der Waals surface area contributed by atoms with Gasteiger partial charge in [0.05, 0.1) is 6.54 Å². The van der Waals surface area contributed by atoms with E-state index in [-0.39, 0.29) is 11.2 Å². The number of hydrogen-bond acceptors (Lipinski definition) is 3. The van der Waals surface area contributed by atoms with Crippen LogP contribution in [0.2, 0.25) is 0 Å². The van der Waals surface area contributed by atoms with E-state index >= 15 is 0 Å². The van der Waals surface area contributed by atoms with Gasteiger partial charge >= 0.3 is 0 Å². The number of fused-ring (bicyclic) bond motifs is 1. The quantitative estimate of drug-likeness (QED) is 0.514. The second-order valence-electron chi connectivity index (χ2n) is 7.68. The van der Waals surface area contributed by atoms with Gasteiger partial charge in [0, 0.05) is 25.2 Å². The summed E-state index contributed by atoms with van der Waals surface area (Å²) in [6, 6.07) is 12.9. The van der Waals surface area contributed by atoms with E-state index < -0.39 is 0 Å². The van der Waals surface area contributed by atoms with E-state index in [2.05, 4.69) is 31.9 Å². The Labute approximate surface area is 170 Å². The number of rotatable bonds is 5. The maximum absolute atomic E-state index is 13.9. The van der Waals surface area contributed by atoms with Crippen LogP contribution in [0.15, 0.2) is 53.7 Å². The van der Waals surface area contributed by atoms with Crippen LogP contribution in [0.3, 0.4) is 0 Å². The average Bonchev–Trinajstić information content (AvgIpc) is 3.18. The highest BCUT2D eigenvalue weighted by molar-refractivity contribution is 5.79. The lowest BCUT2D eigenvalue weighted by Gasteiger charge is -2.38. The van der Waals surface area contributed by atoms with Crippen molar-refractivity contribution in [3.8, 4) is 0 Å². The first-order valence-corrected chi connectivity index (χ1v) is 10.2. The molecule has 4 rings (SSSR count). The summed E-state index contributed by atoms with van der Waals surface area (Å²) in [6.07, 6.45) is 7.62. The average molecular weight is 394 g/mol. The lowest BCUT2D eigenvalue weighted by Crippen LogP contribution is -2.46. The summed E-state index contributed by atoms with van der Waals surface area (Å²) in [5.41, 5.74) is 1.82. The molecule has 1 aliphatic rings. The van der Waals surface area contributed by atoms with Crippen molar-refractivity contribution >= 4 is 11.6 Å². The van der Waals surface area contributed by atoms with E-state index in [1.165, 1.54) is 12.5 Å². The van der Waals surface area contributed by atoms with Gasteiger partial charge in [0.1, 0.15) is 5.82 Å². The van der Waals surface area contributed by atoms with Crippen LogP contribution in [-0.2, 0) is 12.0 Å². The highest BCUT2D eigenvalue weighted by Gasteiger charge is 2.34.